The van der Waals surface area contributed by atoms with E-state index in [0.29, 0.717) is 23.8 Å². The Morgan fingerprint density at radius 2 is 1.82 bits per heavy atom. The molecule has 1 fully saturated rings. The van der Waals surface area contributed by atoms with E-state index in [9.17, 15) is 13.2 Å². The summed E-state index contributed by atoms with van der Waals surface area (Å²) in [4.78, 5) is 24.6. The van der Waals surface area contributed by atoms with Gasteiger partial charge in [-0.15, -0.1) is 0 Å². The number of nitrogens with zero attached hydrogens (tertiary/aromatic N) is 4. The minimum absolute atomic E-state index is 0.153. The second kappa shape index (κ2) is 10.5. The molecule has 2 atom stereocenters. The van der Waals surface area contributed by atoms with E-state index in [0.717, 1.165) is 26.9 Å². The molecule has 8 nitrogen and oxygen atoms in total. The quantitative estimate of drug-likeness (QED) is 0.337. The Morgan fingerprint density at radius 3 is 2.47 bits per heavy atom. The van der Waals surface area contributed by atoms with Crippen molar-refractivity contribution in [3.63, 3.8) is 0 Å². The molecule has 0 aliphatic carbocycles. The third kappa shape index (κ3) is 5.35. The number of carbonyl (C=O) groups excluding carboxylic acids is 1. The van der Waals surface area contributed by atoms with Gasteiger partial charge in [-0.05, 0) is 80.8 Å². The van der Waals surface area contributed by atoms with E-state index in [1.54, 1.807) is 29.4 Å². The summed E-state index contributed by atoms with van der Waals surface area (Å²) < 4.78 is 34.7. The Kier molecular flexibility index (Phi) is 7.32. The predicted molar refractivity (Wildman–Crippen MR) is 149 cm³/mol. The zero-order valence-corrected chi connectivity index (χ0v) is 23.4. The first-order valence-electron chi connectivity index (χ1n) is 12.5. The number of carbonyl (C=O) groups is 1. The van der Waals surface area contributed by atoms with Crippen molar-refractivity contribution in [3.05, 3.63) is 83.2 Å². The van der Waals surface area contributed by atoms with E-state index in [4.69, 9.17) is 9.72 Å². The van der Waals surface area contributed by atoms with Crippen LogP contribution in [-0.4, -0.2) is 53.9 Å². The predicted octanol–water partition coefficient (Wildman–Crippen LogP) is 4.95. The highest BCUT2D eigenvalue weighted by atomic mass is 32.2. The molecular weight excluding hydrogens is 520 g/mol. The number of ether oxygens (including phenoxy) is 1. The zero-order chi connectivity index (χ0) is 27.0. The van der Waals surface area contributed by atoms with Gasteiger partial charge in [0.05, 0.1) is 33.9 Å². The fourth-order valence-corrected chi connectivity index (χ4v) is 7.51. The number of benzene rings is 2. The Morgan fingerprint density at radius 1 is 1.11 bits per heavy atom. The lowest BCUT2D eigenvalue weighted by Crippen LogP contribution is -2.48. The minimum Gasteiger partial charge on any atom is -0.373 e. The lowest BCUT2D eigenvalue weighted by molar-refractivity contribution is -0.0440. The van der Waals surface area contributed by atoms with E-state index in [-0.39, 0.29) is 29.6 Å². The molecular formula is C28H30N4O4S2. The molecule has 0 saturated carbocycles. The van der Waals surface area contributed by atoms with Crippen LogP contribution in [0.4, 0.5) is 5.13 Å². The molecule has 0 bridgehead atoms. The average molecular weight is 551 g/mol. The van der Waals surface area contributed by atoms with Gasteiger partial charge in [-0.25, -0.2) is 13.4 Å². The fraction of sp³-hybridized carbons (Fsp3) is 0.321. The van der Waals surface area contributed by atoms with Gasteiger partial charge in [0.25, 0.3) is 5.91 Å². The number of aromatic nitrogens is 2. The van der Waals surface area contributed by atoms with E-state index in [1.807, 2.05) is 39.8 Å². The van der Waals surface area contributed by atoms with Gasteiger partial charge in [-0.2, -0.15) is 4.31 Å². The second-order valence-electron chi connectivity index (χ2n) is 9.78. The molecule has 0 radical (unpaired) electrons. The van der Waals surface area contributed by atoms with E-state index in [1.165, 1.54) is 27.8 Å². The number of anilines is 1. The lowest BCUT2D eigenvalue weighted by atomic mass is 10.1. The highest BCUT2D eigenvalue weighted by Crippen LogP contribution is 2.33. The molecule has 198 valence electrons. The lowest BCUT2D eigenvalue weighted by Gasteiger charge is -2.34. The maximum absolute atomic E-state index is 13.8. The summed E-state index contributed by atoms with van der Waals surface area (Å²) >= 11 is 1.46. The van der Waals surface area contributed by atoms with Crippen LogP contribution < -0.4 is 4.90 Å². The van der Waals surface area contributed by atoms with Crippen LogP contribution in [-0.2, 0) is 21.3 Å². The van der Waals surface area contributed by atoms with Crippen LogP contribution >= 0.6 is 11.3 Å². The summed E-state index contributed by atoms with van der Waals surface area (Å²) in [5.74, 6) is -0.264. The van der Waals surface area contributed by atoms with Crippen LogP contribution in [0.25, 0.3) is 10.2 Å². The summed E-state index contributed by atoms with van der Waals surface area (Å²) in [6, 6.07) is 14.0. The first-order chi connectivity index (χ1) is 18.1. The first-order valence-corrected chi connectivity index (χ1v) is 14.7. The van der Waals surface area contributed by atoms with E-state index in [2.05, 4.69) is 17.1 Å². The van der Waals surface area contributed by atoms with Crippen molar-refractivity contribution in [1.82, 2.24) is 14.3 Å². The largest absolute Gasteiger partial charge is 0.373 e. The number of sulfonamides is 1. The standard InChI is InChI=1S/C28H30N4O4S2/c1-18-12-19(2)26-25(13-18)37-28(30-26)32(17-22-6-5-11-29-14-22)27(33)23-7-9-24(10-8-23)38(34,35)31-15-20(3)36-21(4)16-31/h5-14,20-21H,15-17H2,1-4H3. The van der Waals surface area contributed by atoms with Gasteiger partial charge in [0.2, 0.25) is 10.0 Å². The van der Waals surface area contributed by atoms with Crippen LogP contribution in [0.3, 0.4) is 0 Å². The maximum atomic E-state index is 13.8. The van der Waals surface area contributed by atoms with Gasteiger partial charge in [0.1, 0.15) is 0 Å². The van der Waals surface area contributed by atoms with Crippen LogP contribution in [0.2, 0.25) is 0 Å². The van der Waals surface area contributed by atoms with Gasteiger partial charge in [-0.1, -0.05) is 23.5 Å². The summed E-state index contributed by atoms with van der Waals surface area (Å²) in [5.41, 5.74) is 4.30. The smallest absolute Gasteiger partial charge is 0.260 e. The van der Waals surface area contributed by atoms with E-state index < -0.39 is 10.0 Å². The van der Waals surface area contributed by atoms with Crippen molar-refractivity contribution >= 4 is 42.6 Å². The van der Waals surface area contributed by atoms with Gasteiger partial charge in [0.15, 0.2) is 5.13 Å². The van der Waals surface area contributed by atoms with Gasteiger partial charge >= 0.3 is 0 Å². The number of aryl methyl sites for hydroxylation is 2. The topological polar surface area (TPSA) is 92.7 Å². The van der Waals surface area contributed by atoms with Crippen LogP contribution in [0.1, 0.15) is 40.9 Å². The molecule has 0 spiro atoms. The Balaban J connectivity index is 1.47. The summed E-state index contributed by atoms with van der Waals surface area (Å²) in [6.07, 6.45) is 3.05. The van der Waals surface area contributed by atoms with Crippen molar-refractivity contribution in [2.24, 2.45) is 0 Å². The SMILES string of the molecule is Cc1cc(C)c2nc(N(Cc3cccnc3)C(=O)c3ccc(S(=O)(=O)N4CC(C)OC(C)C4)cc3)sc2c1. The Hall–Kier alpha value is -3.18. The maximum Gasteiger partial charge on any atom is 0.260 e. The van der Waals surface area contributed by atoms with Crippen LogP contribution in [0.15, 0.2) is 65.8 Å². The van der Waals surface area contributed by atoms with Crippen LogP contribution in [0, 0.1) is 13.8 Å². The summed E-state index contributed by atoms with van der Waals surface area (Å²) in [6.45, 7) is 8.66. The normalized spacial score (nSPS) is 18.5. The minimum atomic E-state index is -3.71. The van der Waals surface area contributed by atoms with Gasteiger partial charge in [0, 0.05) is 31.0 Å². The third-order valence-corrected chi connectivity index (χ3v) is 9.35. The van der Waals surface area contributed by atoms with Crippen molar-refractivity contribution in [3.8, 4) is 0 Å². The molecule has 1 saturated heterocycles. The number of pyridine rings is 1. The van der Waals surface area contributed by atoms with Gasteiger partial charge < -0.3 is 4.74 Å². The monoisotopic (exact) mass is 550 g/mol. The number of thiazole rings is 1. The fourth-order valence-electron chi connectivity index (χ4n) is 4.78. The van der Waals surface area contributed by atoms with E-state index >= 15 is 0 Å². The van der Waals surface area contributed by atoms with Crippen molar-refractivity contribution in [2.75, 3.05) is 18.0 Å². The van der Waals surface area contributed by atoms with Crippen molar-refractivity contribution in [1.29, 1.82) is 0 Å². The molecule has 2 aromatic heterocycles. The van der Waals surface area contributed by atoms with Crippen LogP contribution in [0.5, 0.6) is 0 Å². The summed E-state index contributed by atoms with van der Waals surface area (Å²) in [5, 5.41) is 0.579. The molecule has 10 heteroatoms. The number of hydrogen-bond acceptors (Lipinski definition) is 7. The number of morpholine rings is 1. The molecule has 4 aromatic rings. The van der Waals surface area contributed by atoms with Crippen molar-refractivity contribution in [2.45, 2.75) is 51.3 Å². The van der Waals surface area contributed by atoms with Crippen molar-refractivity contribution < 1.29 is 17.9 Å². The summed E-state index contributed by atoms with van der Waals surface area (Å²) in [7, 11) is -3.71. The molecule has 5 rings (SSSR count). The number of fused-ring (bicyclic) bond motifs is 1. The number of hydrogen-bond donors (Lipinski definition) is 0. The molecule has 2 aromatic carbocycles. The molecule has 3 heterocycles. The second-order valence-corrected chi connectivity index (χ2v) is 12.7. The number of rotatable bonds is 6. The molecule has 38 heavy (non-hydrogen) atoms. The third-order valence-electron chi connectivity index (χ3n) is 6.48. The Bertz CT molecular complexity index is 1560. The molecule has 0 N–H and O–H groups in total. The first kappa shape index (κ1) is 26.4. The van der Waals surface area contributed by atoms with Gasteiger partial charge in [-0.3, -0.25) is 14.7 Å². The Labute approximate surface area is 227 Å². The zero-order valence-electron chi connectivity index (χ0n) is 21.8. The molecule has 1 aliphatic heterocycles. The molecule has 1 aliphatic rings. The highest BCUT2D eigenvalue weighted by Gasteiger charge is 2.32. The number of amides is 1. The molecule has 1 amide bonds. The highest BCUT2D eigenvalue weighted by molar-refractivity contribution is 7.89. The molecule has 2 unspecified atom stereocenters. The average Bonchev–Trinajstić information content (AvgIpc) is 3.31.